The fourth-order valence-corrected chi connectivity index (χ4v) is 3.65. The van der Waals surface area contributed by atoms with Gasteiger partial charge in [-0.05, 0) is 54.4 Å². The van der Waals surface area contributed by atoms with Crippen LogP contribution < -0.4 is 20.1 Å². The Kier molecular flexibility index (Phi) is 5.47. The van der Waals surface area contributed by atoms with Crippen molar-refractivity contribution in [2.24, 2.45) is 5.92 Å². The van der Waals surface area contributed by atoms with Gasteiger partial charge in [-0.15, -0.1) is 0 Å². The van der Waals surface area contributed by atoms with Gasteiger partial charge in [-0.1, -0.05) is 36.4 Å². The van der Waals surface area contributed by atoms with E-state index in [0.29, 0.717) is 38.1 Å². The molecular weight excluding hydrogens is 340 g/mol. The number of amides is 2. The predicted octanol–water partition coefficient (Wildman–Crippen LogP) is 3.84. The largest absolute Gasteiger partial charge is 0.486 e. The lowest BCUT2D eigenvalue weighted by Gasteiger charge is -2.22. The Labute approximate surface area is 160 Å². The Morgan fingerprint density at radius 3 is 2.56 bits per heavy atom. The fraction of sp³-hybridized carbons (Fsp3) is 0.409. The number of hydrogen-bond donors (Lipinski definition) is 2. The maximum Gasteiger partial charge on any atom is 0.315 e. The van der Waals surface area contributed by atoms with Crippen molar-refractivity contribution in [3.63, 3.8) is 0 Å². The molecule has 0 aromatic heterocycles. The van der Waals surface area contributed by atoms with Gasteiger partial charge in [0.05, 0.1) is 0 Å². The van der Waals surface area contributed by atoms with Crippen LogP contribution in [0.25, 0.3) is 0 Å². The van der Waals surface area contributed by atoms with E-state index in [0.717, 1.165) is 23.5 Å². The van der Waals surface area contributed by atoms with Crippen LogP contribution in [0.2, 0.25) is 0 Å². The van der Waals surface area contributed by atoms with Crippen molar-refractivity contribution in [3.05, 3.63) is 59.7 Å². The molecule has 0 saturated heterocycles. The molecule has 5 heteroatoms. The molecule has 1 aliphatic carbocycles. The maximum atomic E-state index is 12.1. The number of nitrogens with one attached hydrogen (secondary N) is 2. The van der Waals surface area contributed by atoms with Gasteiger partial charge in [-0.2, -0.15) is 0 Å². The minimum Gasteiger partial charge on any atom is -0.486 e. The molecule has 1 heterocycles. The standard InChI is InChI=1S/C22H26N2O3/c25-22(24-15-16-4-2-1-3-5-16)23-11-10-19(17-6-7-17)18-8-9-20-21(14-18)27-13-12-26-20/h1-5,8-9,14,17,19H,6-7,10-13,15H2,(H2,23,24,25). The van der Waals surface area contributed by atoms with Crippen LogP contribution in [0.3, 0.4) is 0 Å². The highest BCUT2D eigenvalue weighted by Gasteiger charge is 2.32. The van der Waals surface area contributed by atoms with Gasteiger partial charge in [-0.25, -0.2) is 4.79 Å². The van der Waals surface area contributed by atoms with E-state index in [9.17, 15) is 4.79 Å². The SMILES string of the molecule is O=C(NCCC(c1ccc2c(c1)OCCO2)C1CC1)NCc1ccccc1. The molecule has 142 valence electrons. The number of carbonyl (C=O) groups is 1. The molecule has 2 aromatic carbocycles. The summed E-state index contributed by atoms with van der Waals surface area (Å²) in [7, 11) is 0. The predicted molar refractivity (Wildman–Crippen MR) is 104 cm³/mol. The van der Waals surface area contributed by atoms with Crippen LogP contribution in [0, 0.1) is 5.92 Å². The molecular formula is C22H26N2O3. The van der Waals surface area contributed by atoms with Gasteiger partial charge >= 0.3 is 6.03 Å². The van der Waals surface area contributed by atoms with Crippen molar-refractivity contribution >= 4 is 6.03 Å². The molecule has 0 spiro atoms. The Morgan fingerprint density at radius 1 is 1.00 bits per heavy atom. The Bertz CT molecular complexity index is 774. The van der Waals surface area contributed by atoms with Crippen molar-refractivity contribution < 1.29 is 14.3 Å². The Morgan fingerprint density at radius 2 is 1.78 bits per heavy atom. The first-order valence-electron chi connectivity index (χ1n) is 9.75. The van der Waals surface area contributed by atoms with Gasteiger partial charge in [0, 0.05) is 13.1 Å². The van der Waals surface area contributed by atoms with Crippen LogP contribution in [-0.2, 0) is 6.54 Å². The summed E-state index contributed by atoms with van der Waals surface area (Å²) in [4.78, 5) is 12.1. The van der Waals surface area contributed by atoms with Gasteiger partial charge in [0.2, 0.25) is 0 Å². The number of carbonyl (C=O) groups excluding carboxylic acids is 1. The van der Waals surface area contributed by atoms with Crippen LogP contribution in [0.15, 0.2) is 48.5 Å². The smallest absolute Gasteiger partial charge is 0.315 e. The second-order valence-electron chi connectivity index (χ2n) is 7.23. The number of ether oxygens (including phenoxy) is 2. The molecule has 2 aromatic rings. The van der Waals surface area contributed by atoms with Crippen LogP contribution in [0.5, 0.6) is 11.5 Å². The van der Waals surface area contributed by atoms with Gasteiger partial charge in [0.25, 0.3) is 0 Å². The summed E-state index contributed by atoms with van der Waals surface area (Å²) in [6, 6.07) is 16.1. The van der Waals surface area contributed by atoms with E-state index in [4.69, 9.17) is 9.47 Å². The zero-order valence-electron chi connectivity index (χ0n) is 15.4. The third-order valence-corrected chi connectivity index (χ3v) is 5.22. The summed E-state index contributed by atoms with van der Waals surface area (Å²) in [6.45, 7) is 2.42. The lowest BCUT2D eigenvalue weighted by Crippen LogP contribution is -2.36. The lowest BCUT2D eigenvalue weighted by molar-refractivity contribution is 0.171. The van der Waals surface area contributed by atoms with Gasteiger partial charge < -0.3 is 20.1 Å². The third kappa shape index (κ3) is 4.73. The van der Waals surface area contributed by atoms with E-state index in [1.54, 1.807) is 0 Å². The quantitative estimate of drug-likeness (QED) is 0.783. The van der Waals surface area contributed by atoms with Crippen LogP contribution in [-0.4, -0.2) is 25.8 Å². The molecule has 2 N–H and O–H groups in total. The zero-order chi connectivity index (χ0) is 18.5. The minimum absolute atomic E-state index is 0.115. The lowest BCUT2D eigenvalue weighted by atomic mass is 9.90. The highest BCUT2D eigenvalue weighted by atomic mass is 16.6. The van der Waals surface area contributed by atoms with E-state index in [1.807, 2.05) is 36.4 Å². The molecule has 1 unspecified atom stereocenters. The molecule has 0 radical (unpaired) electrons. The average molecular weight is 366 g/mol. The maximum absolute atomic E-state index is 12.1. The van der Waals surface area contributed by atoms with E-state index in [2.05, 4.69) is 22.8 Å². The molecule has 4 rings (SSSR count). The zero-order valence-corrected chi connectivity index (χ0v) is 15.4. The Balaban J connectivity index is 1.28. The van der Waals surface area contributed by atoms with Crippen molar-refractivity contribution in [1.29, 1.82) is 0 Å². The molecule has 5 nitrogen and oxygen atoms in total. The molecule has 2 aliphatic rings. The average Bonchev–Trinajstić information content (AvgIpc) is 3.55. The van der Waals surface area contributed by atoms with Crippen molar-refractivity contribution in [3.8, 4) is 11.5 Å². The van der Waals surface area contributed by atoms with Crippen molar-refractivity contribution in [1.82, 2.24) is 10.6 Å². The summed E-state index contributed by atoms with van der Waals surface area (Å²) < 4.78 is 11.3. The normalized spacial score (nSPS) is 16.4. The molecule has 1 fully saturated rings. The van der Waals surface area contributed by atoms with Gasteiger partial charge in [-0.3, -0.25) is 0 Å². The molecule has 27 heavy (non-hydrogen) atoms. The molecule has 1 atom stereocenters. The summed E-state index contributed by atoms with van der Waals surface area (Å²) in [5, 5.41) is 5.90. The highest BCUT2D eigenvalue weighted by Crippen LogP contribution is 2.46. The number of urea groups is 1. The highest BCUT2D eigenvalue weighted by molar-refractivity contribution is 5.73. The van der Waals surface area contributed by atoms with Crippen molar-refractivity contribution in [2.75, 3.05) is 19.8 Å². The Hall–Kier alpha value is -2.69. The number of fused-ring (bicyclic) bond motifs is 1. The second kappa shape index (κ2) is 8.33. The monoisotopic (exact) mass is 366 g/mol. The summed E-state index contributed by atoms with van der Waals surface area (Å²) in [6.07, 6.45) is 3.46. The van der Waals surface area contributed by atoms with E-state index >= 15 is 0 Å². The molecule has 0 bridgehead atoms. The van der Waals surface area contributed by atoms with E-state index < -0.39 is 0 Å². The number of rotatable bonds is 7. The van der Waals surface area contributed by atoms with Crippen molar-refractivity contribution in [2.45, 2.75) is 31.7 Å². The molecule has 1 aliphatic heterocycles. The third-order valence-electron chi connectivity index (χ3n) is 5.22. The summed E-state index contributed by atoms with van der Waals surface area (Å²) >= 11 is 0. The van der Waals surface area contributed by atoms with Gasteiger partial charge in [0.1, 0.15) is 13.2 Å². The van der Waals surface area contributed by atoms with Crippen LogP contribution in [0.1, 0.15) is 36.3 Å². The number of hydrogen-bond acceptors (Lipinski definition) is 3. The summed E-state index contributed by atoms with van der Waals surface area (Å²) in [5.41, 5.74) is 2.38. The van der Waals surface area contributed by atoms with E-state index in [-0.39, 0.29) is 6.03 Å². The first-order valence-corrected chi connectivity index (χ1v) is 9.75. The fourth-order valence-electron chi connectivity index (χ4n) is 3.65. The van der Waals surface area contributed by atoms with E-state index in [1.165, 1.54) is 18.4 Å². The molecule has 1 saturated carbocycles. The molecule has 2 amide bonds. The number of benzene rings is 2. The second-order valence-corrected chi connectivity index (χ2v) is 7.23. The first kappa shape index (κ1) is 17.7. The van der Waals surface area contributed by atoms with Crippen LogP contribution in [0.4, 0.5) is 4.79 Å². The summed E-state index contributed by atoms with van der Waals surface area (Å²) in [5.74, 6) is 2.84. The topological polar surface area (TPSA) is 59.6 Å². The minimum atomic E-state index is -0.115. The van der Waals surface area contributed by atoms with Crippen LogP contribution >= 0.6 is 0 Å². The van der Waals surface area contributed by atoms with Gasteiger partial charge in [0.15, 0.2) is 11.5 Å². The first-order chi connectivity index (χ1) is 13.3.